The zero-order chi connectivity index (χ0) is 24.1. The van der Waals surface area contributed by atoms with Crippen molar-refractivity contribution in [2.75, 3.05) is 70.9 Å². The number of hydrogen-bond acceptors (Lipinski definition) is 8. The lowest BCUT2D eigenvalue weighted by atomic mass is 10.1. The van der Waals surface area contributed by atoms with E-state index < -0.39 is 11.7 Å². The van der Waals surface area contributed by atoms with Gasteiger partial charge in [0.05, 0.1) is 37.3 Å². The van der Waals surface area contributed by atoms with E-state index in [1.807, 2.05) is 24.1 Å². The number of methoxy groups -OCH3 is 2. The molecule has 1 saturated heterocycles. The highest BCUT2D eigenvalue weighted by molar-refractivity contribution is 7.23. The van der Waals surface area contributed by atoms with E-state index in [0.29, 0.717) is 54.9 Å². The summed E-state index contributed by atoms with van der Waals surface area (Å²) in [7, 11) is 5.12. The summed E-state index contributed by atoms with van der Waals surface area (Å²) < 4.78 is 31.6. The van der Waals surface area contributed by atoms with Crippen LogP contribution in [0.15, 0.2) is 30.3 Å². The molecule has 8 nitrogen and oxygen atoms in total. The third-order valence-electron chi connectivity index (χ3n) is 5.71. The molecule has 1 aliphatic heterocycles. The maximum absolute atomic E-state index is 14.7. The number of hydrogen-bond donors (Lipinski definition) is 1. The number of thiazole rings is 1. The van der Waals surface area contributed by atoms with Crippen LogP contribution in [0.2, 0.25) is 0 Å². The van der Waals surface area contributed by atoms with Crippen molar-refractivity contribution in [2.45, 2.75) is 6.54 Å². The first-order chi connectivity index (χ1) is 16.5. The first-order valence-corrected chi connectivity index (χ1v) is 11.9. The van der Waals surface area contributed by atoms with Crippen LogP contribution in [-0.4, -0.2) is 76.5 Å². The number of ether oxygens (including phenoxy) is 3. The largest absolute Gasteiger partial charge is 0.494 e. The van der Waals surface area contributed by atoms with Crippen molar-refractivity contribution in [1.82, 2.24) is 9.88 Å². The molecule has 3 aromatic rings. The van der Waals surface area contributed by atoms with Crippen LogP contribution in [0.25, 0.3) is 10.2 Å². The Kier molecular flexibility index (Phi) is 7.94. The molecule has 34 heavy (non-hydrogen) atoms. The normalized spacial score (nSPS) is 14.1. The van der Waals surface area contributed by atoms with Crippen LogP contribution in [0.5, 0.6) is 5.75 Å². The van der Waals surface area contributed by atoms with E-state index in [4.69, 9.17) is 14.2 Å². The van der Waals surface area contributed by atoms with Gasteiger partial charge in [-0.2, -0.15) is 0 Å². The van der Waals surface area contributed by atoms with Gasteiger partial charge in [0.25, 0.3) is 5.91 Å². The zero-order valence-corrected chi connectivity index (χ0v) is 20.4. The van der Waals surface area contributed by atoms with Crippen LogP contribution >= 0.6 is 11.3 Å². The van der Waals surface area contributed by atoms with E-state index >= 15 is 0 Å². The first kappa shape index (κ1) is 24.3. The van der Waals surface area contributed by atoms with Gasteiger partial charge in [0.1, 0.15) is 17.1 Å². The fourth-order valence-corrected chi connectivity index (χ4v) is 4.86. The van der Waals surface area contributed by atoms with E-state index in [1.165, 1.54) is 17.4 Å². The predicted molar refractivity (Wildman–Crippen MR) is 132 cm³/mol. The predicted octanol–water partition coefficient (Wildman–Crippen LogP) is 3.61. The number of carbonyl (C=O) groups is 1. The van der Waals surface area contributed by atoms with Gasteiger partial charge in [0.2, 0.25) is 0 Å². The molecule has 0 aliphatic carbocycles. The average molecular weight is 489 g/mol. The van der Waals surface area contributed by atoms with Gasteiger partial charge >= 0.3 is 0 Å². The summed E-state index contributed by atoms with van der Waals surface area (Å²) >= 11 is 1.38. The van der Waals surface area contributed by atoms with Gasteiger partial charge in [0, 0.05) is 44.4 Å². The maximum Gasteiger partial charge on any atom is 0.257 e. The number of halogens is 1. The minimum absolute atomic E-state index is 0.236. The van der Waals surface area contributed by atoms with Crippen LogP contribution in [0.3, 0.4) is 0 Å². The Morgan fingerprint density at radius 2 is 2.06 bits per heavy atom. The topological polar surface area (TPSA) is 76.2 Å². The highest BCUT2D eigenvalue weighted by atomic mass is 32.1. The molecule has 1 aromatic heterocycles. The number of likely N-dealkylation sites (N-methyl/N-ethyl adjacent to an activating group) is 1. The monoisotopic (exact) mass is 488 g/mol. The summed E-state index contributed by atoms with van der Waals surface area (Å²) in [6.07, 6.45) is 0. The van der Waals surface area contributed by atoms with Crippen molar-refractivity contribution >= 4 is 38.3 Å². The first-order valence-electron chi connectivity index (χ1n) is 11.1. The van der Waals surface area contributed by atoms with Crippen LogP contribution < -0.4 is 15.0 Å². The summed E-state index contributed by atoms with van der Waals surface area (Å²) in [5, 5.41) is 3.25. The van der Waals surface area contributed by atoms with Crippen molar-refractivity contribution in [3.05, 3.63) is 47.3 Å². The van der Waals surface area contributed by atoms with E-state index in [1.54, 1.807) is 26.4 Å². The minimum Gasteiger partial charge on any atom is -0.494 e. The van der Waals surface area contributed by atoms with Crippen molar-refractivity contribution in [3.8, 4) is 5.75 Å². The van der Waals surface area contributed by atoms with Crippen molar-refractivity contribution in [2.24, 2.45) is 0 Å². The number of carbonyl (C=O) groups excluding carboxylic acids is 1. The number of nitrogens with zero attached hydrogens (tertiary/aromatic N) is 3. The molecule has 0 saturated carbocycles. The lowest BCUT2D eigenvalue weighted by Crippen LogP contribution is -2.36. The summed E-state index contributed by atoms with van der Waals surface area (Å²) in [4.78, 5) is 21.7. The van der Waals surface area contributed by atoms with E-state index in [0.717, 1.165) is 23.5 Å². The molecule has 1 amide bonds. The van der Waals surface area contributed by atoms with Crippen LogP contribution in [0, 0.1) is 5.82 Å². The summed E-state index contributed by atoms with van der Waals surface area (Å²) in [6, 6.07) is 8.43. The molecule has 0 unspecified atom stereocenters. The Bertz CT molecular complexity index is 1150. The van der Waals surface area contributed by atoms with Gasteiger partial charge in [-0.25, -0.2) is 9.37 Å². The molecule has 4 rings (SSSR count). The third kappa shape index (κ3) is 5.47. The van der Waals surface area contributed by atoms with E-state index in [-0.39, 0.29) is 5.56 Å². The van der Waals surface area contributed by atoms with Crippen molar-refractivity contribution < 1.29 is 23.4 Å². The maximum atomic E-state index is 14.7. The van der Waals surface area contributed by atoms with Gasteiger partial charge < -0.3 is 19.1 Å². The summed E-state index contributed by atoms with van der Waals surface area (Å²) in [5.41, 5.74) is 2.48. The number of benzene rings is 2. The molecule has 0 bridgehead atoms. The fourth-order valence-electron chi connectivity index (χ4n) is 3.84. The summed E-state index contributed by atoms with van der Waals surface area (Å²) in [5.74, 6) is -0.196. The highest BCUT2D eigenvalue weighted by Gasteiger charge is 2.20. The fraction of sp³-hybridized carbons (Fsp3) is 0.417. The summed E-state index contributed by atoms with van der Waals surface area (Å²) in [6.45, 7) is 4.59. The number of aromatic nitrogens is 1. The molecule has 0 atom stereocenters. The molecule has 1 N–H and O–H groups in total. The number of nitrogens with one attached hydrogen (secondary N) is 1. The lowest BCUT2D eigenvalue weighted by Gasteiger charge is -2.29. The van der Waals surface area contributed by atoms with Gasteiger partial charge in [-0.05, 0) is 31.3 Å². The van der Waals surface area contributed by atoms with Gasteiger partial charge in [-0.3, -0.25) is 15.0 Å². The number of amides is 1. The Morgan fingerprint density at radius 1 is 1.26 bits per heavy atom. The van der Waals surface area contributed by atoms with Crippen LogP contribution in [-0.2, 0) is 16.0 Å². The Hall–Kier alpha value is -2.79. The number of rotatable bonds is 9. The molecule has 2 aromatic carbocycles. The molecule has 1 aliphatic rings. The second-order valence-corrected chi connectivity index (χ2v) is 9.07. The SMILES string of the molecule is COCCN(C)Cc1ccc(C(=O)Nc2nc3c(OC)ccc(N4CCOCC4)c3s2)cc1F. The number of anilines is 2. The molecular weight excluding hydrogens is 459 g/mol. The quantitative estimate of drug-likeness (QED) is 0.493. The average Bonchev–Trinajstić information content (AvgIpc) is 3.27. The highest BCUT2D eigenvalue weighted by Crippen LogP contribution is 2.39. The molecule has 2 heterocycles. The number of fused-ring (bicyclic) bond motifs is 1. The van der Waals surface area contributed by atoms with Crippen LogP contribution in [0.1, 0.15) is 15.9 Å². The van der Waals surface area contributed by atoms with Gasteiger partial charge in [-0.1, -0.05) is 17.4 Å². The van der Waals surface area contributed by atoms with Crippen molar-refractivity contribution in [3.63, 3.8) is 0 Å². The van der Waals surface area contributed by atoms with Crippen molar-refractivity contribution in [1.29, 1.82) is 0 Å². The van der Waals surface area contributed by atoms with Gasteiger partial charge in [0.15, 0.2) is 5.13 Å². The second-order valence-electron chi connectivity index (χ2n) is 8.07. The lowest BCUT2D eigenvalue weighted by molar-refractivity contribution is 0.102. The third-order valence-corrected chi connectivity index (χ3v) is 6.70. The molecule has 0 radical (unpaired) electrons. The minimum atomic E-state index is -0.419. The Labute approximate surface area is 202 Å². The number of morpholine rings is 1. The van der Waals surface area contributed by atoms with E-state index in [9.17, 15) is 9.18 Å². The Balaban J connectivity index is 1.53. The smallest absolute Gasteiger partial charge is 0.257 e. The van der Waals surface area contributed by atoms with Crippen LogP contribution in [0.4, 0.5) is 15.2 Å². The van der Waals surface area contributed by atoms with Gasteiger partial charge in [-0.15, -0.1) is 0 Å². The molecule has 10 heteroatoms. The van der Waals surface area contributed by atoms with E-state index in [2.05, 4.69) is 15.2 Å². The molecule has 0 spiro atoms. The molecule has 182 valence electrons. The molecule has 1 fully saturated rings. The Morgan fingerprint density at radius 3 is 2.76 bits per heavy atom. The second kappa shape index (κ2) is 11.1. The zero-order valence-electron chi connectivity index (χ0n) is 19.6. The standard InChI is InChI=1S/C24H29FN4O4S/c1-28(8-11-31-2)15-17-5-4-16(14-18(17)25)23(30)27-24-26-21-20(32-3)7-6-19(22(21)34-24)29-9-12-33-13-10-29/h4-7,14H,8-13,15H2,1-3H3,(H,26,27,30). The molecular formula is C24H29FN4O4S.